The molecule has 0 aliphatic carbocycles. The maximum atomic E-state index is 13.8. The van der Waals surface area contributed by atoms with Crippen LogP contribution in [0.4, 0.5) is 13.2 Å². The molecular formula is C19H18F3N7O. The van der Waals surface area contributed by atoms with Crippen LogP contribution in [0, 0.1) is 17.5 Å². The number of halogens is 3. The van der Waals surface area contributed by atoms with E-state index in [0.29, 0.717) is 30.5 Å². The number of nitrogens with two attached hydrogens (primary N) is 1. The van der Waals surface area contributed by atoms with Crippen LogP contribution in [0.15, 0.2) is 30.7 Å². The molecule has 0 unspecified atom stereocenters. The maximum Gasteiger partial charge on any atom is 0.224 e. The van der Waals surface area contributed by atoms with E-state index in [4.69, 9.17) is 5.73 Å². The van der Waals surface area contributed by atoms with Crippen molar-refractivity contribution in [2.45, 2.75) is 32.0 Å². The minimum atomic E-state index is -1.27. The second kappa shape index (κ2) is 8.19. The molecule has 1 atom stereocenters. The second-order valence-electron chi connectivity index (χ2n) is 7.04. The average molecular weight is 417 g/mol. The second-order valence-corrected chi connectivity index (χ2v) is 7.04. The van der Waals surface area contributed by atoms with Gasteiger partial charge in [0.05, 0.1) is 25.0 Å². The maximum absolute atomic E-state index is 13.8. The zero-order valence-corrected chi connectivity index (χ0v) is 15.8. The Morgan fingerprint density at radius 2 is 1.93 bits per heavy atom. The lowest BCUT2D eigenvalue weighted by molar-refractivity contribution is -0.133. The van der Waals surface area contributed by atoms with Gasteiger partial charge in [0.2, 0.25) is 5.91 Å². The molecule has 0 bridgehead atoms. The van der Waals surface area contributed by atoms with Crippen molar-refractivity contribution in [3.63, 3.8) is 0 Å². The molecule has 11 heteroatoms. The first-order valence-electron chi connectivity index (χ1n) is 9.28. The van der Waals surface area contributed by atoms with E-state index in [0.717, 1.165) is 11.8 Å². The normalized spacial score (nSPS) is 14.5. The zero-order valence-electron chi connectivity index (χ0n) is 15.8. The van der Waals surface area contributed by atoms with Crippen LogP contribution in [0.2, 0.25) is 0 Å². The third kappa shape index (κ3) is 4.01. The Morgan fingerprint density at radius 1 is 1.13 bits per heavy atom. The molecule has 3 heterocycles. The van der Waals surface area contributed by atoms with Gasteiger partial charge in [0.15, 0.2) is 11.6 Å². The number of rotatable bonds is 5. The van der Waals surface area contributed by atoms with Crippen LogP contribution in [0.1, 0.15) is 17.7 Å². The van der Waals surface area contributed by atoms with E-state index in [1.54, 1.807) is 28.2 Å². The van der Waals surface area contributed by atoms with Crippen molar-refractivity contribution in [1.29, 1.82) is 0 Å². The summed E-state index contributed by atoms with van der Waals surface area (Å²) >= 11 is 0. The first-order chi connectivity index (χ1) is 14.4. The summed E-state index contributed by atoms with van der Waals surface area (Å²) in [5, 5.41) is 8.24. The van der Waals surface area contributed by atoms with Crippen molar-refractivity contribution in [3.05, 3.63) is 59.4 Å². The zero-order chi connectivity index (χ0) is 21.3. The van der Waals surface area contributed by atoms with Crippen LogP contribution in [0.25, 0.3) is 11.4 Å². The highest BCUT2D eigenvalue weighted by Gasteiger charge is 2.27. The van der Waals surface area contributed by atoms with Gasteiger partial charge in [-0.3, -0.25) is 14.8 Å². The van der Waals surface area contributed by atoms with E-state index in [9.17, 15) is 18.0 Å². The Labute approximate surface area is 169 Å². The summed E-state index contributed by atoms with van der Waals surface area (Å²) in [6, 6.07) is 0.500. The van der Waals surface area contributed by atoms with Crippen LogP contribution in [0.3, 0.4) is 0 Å². The fourth-order valence-electron chi connectivity index (χ4n) is 3.41. The van der Waals surface area contributed by atoms with E-state index in [1.165, 1.54) is 0 Å². The SMILES string of the molecule is N[C@@H](CC(=O)N1CCn2nnc(-c3cnccn3)c2C1)Cc1cc(F)c(F)cc1F. The third-order valence-corrected chi connectivity index (χ3v) is 4.93. The molecule has 0 spiro atoms. The molecule has 4 rings (SSSR count). The van der Waals surface area contributed by atoms with Gasteiger partial charge in [0, 0.05) is 37.5 Å². The molecule has 1 aromatic carbocycles. The predicted molar refractivity (Wildman–Crippen MR) is 99.1 cm³/mol. The van der Waals surface area contributed by atoms with Gasteiger partial charge in [-0.2, -0.15) is 0 Å². The summed E-state index contributed by atoms with van der Waals surface area (Å²) in [6.45, 7) is 1.15. The van der Waals surface area contributed by atoms with Crippen molar-refractivity contribution in [1.82, 2.24) is 29.9 Å². The van der Waals surface area contributed by atoms with Crippen molar-refractivity contribution in [3.8, 4) is 11.4 Å². The van der Waals surface area contributed by atoms with E-state index >= 15 is 0 Å². The van der Waals surface area contributed by atoms with Crippen LogP contribution in [-0.2, 0) is 24.3 Å². The van der Waals surface area contributed by atoms with Gasteiger partial charge >= 0.3 is 0 Å². The summed E-state index contributed by atoms with van der Waals surface area (Å²) in [4.78, 5) is 22.6. The van der Waals surface area contributed by atoms with E-state index in [1.807, 2.05) is 0 Å². The monoisotopic (exact) mass is 417 g/mol. The Hall–Kier alpha value is -3.34. The molecule has 8 nitrogen and oxygen atoms in total. The topological polar surface area (TPSA) is 103 Å². The van der Waals surface area contributed by atoms with Crippen LogP contribution >= 0.6 is 0 Å². The summed E-state index contributed by atoms with van der Waals surface area (Å²) in [6.07, 6.45) is 4.50. The summed E-state index contributed by atoms with van der Waals surface area (Å²) < 4.78 is 42.0. The Morgan fingerprint density at radius 3 is 2.70 bits per heavy atom. The molecule has 0 saturated carbocycles. The van der Waals surface area contributed by atoms with Crippen LogP contribution < -0.4 is 5.73 Å². The molecule has 0 radical (unpaired) electrons. The van der Waals surface area contributed by atoms with Gasteiger partial charge in [-0.25, -0.2) is 17.9 Å². The molecule has 1 aliphatic rings. The van der Waals surface area contributed by atoms with E-state index in [2.05, 4.69) is 20.3 Å². The first-order valence-corrected chi connectivity index (χ1v) is 9.28. The summed E-state index contributed by atoms with van der Waals surface area (Å²) in [5.74, 6) is -3.54. The number of hydrogen-bond donors (Lipinski definition) is 1. The Balaban J connectivity index is 1.43. The van der Waals surface area contributed by atoms with Crippen molar-refractivity contribution < 1.29 is 18.0 Å². The minimum Gasteiger partial charge on any atom is -0.335 e. The number of amides is 1. The largest absolute Gasteiger partial charge is 0.335 e. The molecule has 2 N–H and O–H groups in total. The number of carbonyl (C=O) groups is 1. The number of nitrogens with zero attached hydrogens (tertiary/aromatic N) is 6. The predicted octanol–water partition coefficient (Wildman–Crippen LogP) is 1.45. The van der Waals surface area contributed by atoms with Gasteiger partial charge in [0.25, 0.3) is 0 Å². The quantitative estimate of drug-likeness (QED) is 0.631. The number of fused-ring (bicyclic) bond motifs is 1. The Kier molecular flexibility index (Phi) is 5.44. The van der Waals surface area contributed by atoms with E-state index < -0.39 is 23.5 Å². The number of hydrogen-bond acceptors (Lipinski definition) is 6. The highest BCUT2D eigenvalue weighted by molar-refractivity contribution is 5.77. The number of aromatic nitrogens is 5. The van der Waals surface area contributed by atoms with Crippen molar-refractivity contribution in [2.75, 3.05) is 6.54 Å². The van der Waals surface area contributed by atoms with Crippen LogP contribution in [-0.4, -0.2) is 48.4 Å². The number of carbonyl (C=O) groups excluding carboxylic acids is 1. The van der Waals surface area contributed by atoms with Gasteiger partial charge in [0.1, 0.15) is 17.2 Å². The van der Waals surface area contributed by atoms with Gasteiger partial charge in [-0.05, 0) is 18.1 Å². The van der Waals surface area contributed by atoms with Crippen molar-refractivity contribution >= 4 is 5.91 Å². The minimum absolute atomic E-state index is 0.0690. The molecule has 0 fully saturated rings. The van der Waals surface area contributed by atoms with E-state index in [-0.39, 0.29) is 30.9 Å². The number of benzene rings is 1. The lowest BCUT2D eigenvalue weighted by Gasteiger charge is -2.28. The highest BCUT2D eigenvalue weighted by Crippen LogP contribution is 2.23. The average Bonchev–Trinajstić information content (AvgIpc) is 3.16. The molecule has 1 amide bonds. The molecule has 2 aromatic heterocycles. The third-order valence-electron chi connectivity index (χ3n) is 4.93. The molecule has 3 aromatic rings. The fourth-order valence-corrected chi connectivity index (χ4v) is 3.41. The lowest BCUT2D eigenvalue weighted by atomic mass is 10.0. The molecule has 0 saturated heterocycles. The van der Waals surface area contributed by atoms with Crippen molar-refractivity contribution in [2.24, 2.45) is 5.73 Å². The highest BCUT2D eigenvalue weighted by atomic mass is 19.2. The Bertz CT molecular complexity index is 1070. The smallest absolute Gasteiger partial charge is 0.224 e. The molecular weight excluding hydrogens is 399 g/mol. The molecule has 156 valence electrons. The lowest BCUT2D eigenvalue weighted by Crippen LogP contribution is -2.41. The standard InChI is InChI=1S/C19H18F3N7O/c20-13-8-15(22)14(21)6-11(13)5-12(23)7-18(30)28-3-4-29-17(10-28)19(26-27-29)16-9-24-1-2-25-16/h1-2,6,8-9,12H,3-5,7,10,23H2/t12-/m1/s1. The summed E-state index contributed by atoms with van der Waals surface area (Å²) in [5.41, 5.74) is 7.75. The fraction of sp³-hybridized carbons (Fsp3) is 0.316. The van der Waals surface area contributed by atoms with Crippen LogP contribution in [0.5, 0.6) is 0 Å². The molecule has 1 aliphatic heterocycles. The summed E-state index contributed by atoms with van der Waals surface area (Å²) in [7, 11) is 0. The van der Waals surface area contributed by atoms with Gasteiger partial charge in [-0.1, -0.05) is 5.21 Å². The van der Waals surface area contributed by atoms with Gasteiger partial charge < -0.3 is 10.6 Å². The van der Waals surface area contributed by atoms with Gasteiger partial charge in [-0.15, -0.1) is 5.10 Å². The molecule has 30 heavy (non-hydrogen) atoms. The first kappa shape index (κ1) is 20.0.